The molecule has 1 amide bonds. The summed E-state index contributed by atoms with van der Waals surface area (Å²) in [5, 5.41) is 6.60. The Morgan fingerprint density at radius 2 is 2.06 bits per heavy atom. The largest absolute Gasteiger partial charge is 0.351 e. The third-order valence-corrected chi connectivity index (χ3v) is 2.70. The van der Waals surface area contributed by atoms with Crippen LogP contribution in [0.3, 0.4) is 0 Å². The van der Waals surface area contributed by atoms with Crippen molar-refractivity contribution in [2.45, 2.75) is 13.8 Å². The third-order valence-electron chi connectivity index (χ3n) is 2.47. The molecule has 2 N–H and O–H groups in total. The van der Waals surface area contributed by atoms with Crippen LogP contribution in [0.2, 0.25) is 5.02 Å². The molecule has 1 aromatic rings. The van der Waals surface area contributed by atoms with Gasteiger partial charge in [-0.15, -0.1) is 0 Å². The maximum absolute atomic E-state index is 11.9. The first-order chi connectivity index (χ1) is 7.94. The van der Waals surface area contributed by atoms with Crippen molar-refractivity contribution in [2.75, 3.05) is 20.1 Å². The maximum Gasteiger partial charge on any atom is 0.251 e. The van der Waals surface area contributed by atoms with E-state index in [1.165, 1.54) is 0 Å². The number of rotatable bonds is 5. The van der Waals surface area contributed by atoms with Gasteiger partial charge in [-0.05, 0) is 30.7 Å². The average molecular weight is 255 g/mol. The van der Waals surface area contributed by atoms with Crippen LogP contribution in [-0.2, 0) is 0 Å². The molecule has 0 aromatic heterocycles. The highest BCUT2D eigenvalue weighted by Gasteiger charge is 2.18. The quantitative estimate of drug-likeness (QED) is 0.847. The first kappa shape index (κ1) is 14.0. The molecule has 94 valence electrons. The molecule has 0 bridgehead atoms. The fourth-order valence-electron chi connectivity index (χ4n) is 1.59. The molecule has 0 heterocycles. The minimum Gasteiger partial charge on any atom is -0.351 e. The van der Waals surface area contributed by atoms with Crippen molar-refractivity contribution in [3.05, 3.63) is 34.9 Å². The molecule has 0 aliphatic heterocycles. The van der Waals surface area contributed by atoms with Gasteiger partial charge >= 0.3 is 0 Å². The molecule has 0 atom stereocenters. The molecule has 0 aliphatic carbocycles. The fourth-order valence-corrected chi connectivity index (χ4v) is 1.78. The highest BCUT2D eigenvalue weighted by Crippen LogP contribution is 2.13. The number of benzene rings is 1. The van der Waals surface area contributed by atoms with E-state index in [-0.39, 0.29) is 11.3 Å². The third kappa shape index (κ3) is 4.75. The number of amides is 1. The van der Waals surface area contributed by atoms with Crippen molar-refractivity contribution in [1.82, 2.24) is 10.6 Å². The van der Waals surface area contributed by atoms with Gasteiger partial charge in [0.15, 0.2) is 0 Å². The monoisotopic (exact) mass is 254 g/mol. The maximum atomic E-state index is 11.9. The average Bonchev–Trinajstić information content (AvgIpc) is 2.26. The van der Waals surface area contributed by atoms with E-state index in [9.17, 15) is 4.79 Å². The van der Waals surface area contributed by atoms with E-state index >= 15 is 0 Å². The van der Waals surface area contributed by atoms with Crippen LogP contribution in [0.15, 0.2) is 24.3 Å². The van der Waals surface area contributed by atoms with Gasteiger partial charge in [0.2, 0.25) is 0 Å². The highest BCUT2D eigenvalue weighted by molar-refractivity contribution is 6.30. The van der Waals surface area contributed by atoms with E-state index in [4.69, 9.17) is 11.6 Å². The molecular formula is C13H19ClN2O. The molecule has 0 saturated carbocycles. The second-order valence-corrected chi connectivity index (χ2v) is 5.32. The van der Waals surface area contributed by atoms with Crippen molar-refractivity contribution in [1.29, 1.82) is 0 Å². The van der Waals surface area contributed by atoms with Gasteiger partial charge in [0.25, 0.3) is 5.91 Å². The minimum absolute atomic E-state index is 0.0307. The number of carbonyl (C=O) groups excluding carboxylic acids is 1. The Labute approximate surface area is 108 Å². The predicted octanol–water partition coefficient (Wildman–Crippen LogP) is 2.32. The number of halogens is 1. The summed E-state index contributed by atoms with van der Waals surface area (Å²) in [6, 6.07) is 6.95. The van der Waals surface area contributed by atoms with Gasteiger partial charge in [-0.2, -0.15) is 0 Å². The summed E-state index contributed by atoms with van der Waals surface area (Å²) >= 11 is 5.84. The molecule has 3 nitrogen and oxygen atoms in total. The summed E-state index contributed by atoms with van der Waals surface area (Å²) in [5.41, 5.74) is 0.626. The lowest BCUT2D eigenvalue weighted by Crippen LogP contribution is -2.39. The van der Waals surface area contributed by atoms with E-state index < -0.39 is 0 Å². The van der Waals surface area contributed by atoms with E-state index in [2.05, 4.69) is 24.5 Å². The molecule has 0 fully saturated rings. The second-order valence-electron chi connectivity index (χ2n) is 4.89. The molecule has 4 heteroatoms. The Morgan fingerprint density at radius 3 is 2.65 bits per heavy atom. The van der Waals surface area contributed by atoms with Crippen LogP contribution in [0.1, 0.15) is 24.2 Å². The van der Waals surface area contributed by atoms with Crippen molar-refractivity contribution in [3.8, 4) is 0 Å². The van der Waals surface area contributed by atoms with Crippen LogP contribution in [0.4, 0.5) is 0 Å². The van der Waals surface area contributed by atoms with Crippen molar-refractivity contribution in [3.63, 3.8) is 0 Å². The van der Waals surface area contributed by atoms with Crippen molar-refractivity contribution >= 4 is 17.5 Å². The molecule has 17 heavy (non-hydrogen) atoms. The van der Waals surface area contributed by atoms with E-state index in [0.717, 1.165) is 6.54 Å². The van der Waals surface area contributed by atoms with Crippen LogP contribution in [-0.4, -0.2) is 26.0 Å². The lowest BCUT2D eigenvalue weighted by Gasteiger charge is -2.24. The Morgan fingerprint density at radius 1 is 1.35 bits per heavy atom. The summed E-state index contributed by atoms with van der Waals surface area (Å²) in [6.45, 7) is 5.67. The first-order valence-corrected chi connectivity index (χ1v) is 6.01. The van der Waals surface area contributed by atoms with Gasteiger partial charge in [0.05, 0.1) is 0 Å². The second kappa shape index (κ2) is 6.03. The summed E-state index contributed by atoms with van der Waals surface area (Å²) in [6.07, 6.45) is 0. The number of hydrogen-bond acceptors (Lipinski definition) is 2. The van der Waals surface area contributed by atoms with Gasteiger partial charge in [-0.1, -0.05) is 31.5 Å². The van der Waals surface area contributed by atoms with Gasteiger partial charge in [0, 0.05) is 23.7 Å². The molecule has 0 saturated heterocycles. The Hall–Kier alpha value is -1.06. The van der Waals surface area contributed by atoms with Crippen LogP contribution in [0.25, 0.3) is 0 Å². The molecule has 0 aliphatic rings. The van der Waals surface area contributed by atoms with Gasteiger partial charge in [-0.25, -0.2) is 0 Å². The molecule has 0 spiro atoms. The minimum atomic E-state index is -0.0864. The number of hydrogen-bond donors (Lipinski definition) is 2. The number of carbonyl (C=O) groups is 1. The molecule has 1 aromatic carbocycles. The smallest absolute Gasteiger partial charge is 0.251 e. The fraction of sp³-hybridized carbons (Fsp3) is 0.462. The summed E-state index contributed by atoms with van der Waals surface area (Å²) < 4.78 is 0. The predicted molar refractivity (Wildman–Crippen MR) is 71.5 cm³/mol. The topological polar surface area (TPSA) is 41.1 Å². The molecule has 0 radical (unpaired) electrons. The number of nitrogens with one attached hydrogen (secondary N) is 2. The zero-order valence-electron chi connectivity index (χ0n) is 10.5. The van der Waals surface area contributed by atoms with Gasteiger partial charge in [-0.3, -0.25) is 4.79 Å². The molecular weight excluding hydrogens is 236 g/mol. The Kier molecular flexibility index (Phi) is 4.97. The van der Waals surface area contributed by atoms with Crippen LogP contribution >= 0.6 is 11.6 Å². The Bertz CT molecular complexity index is 391. The highest BCUT2D eigenvalue weighted by atomic mass is 35.5. The van der Waals surface area contributed by atoms with Crippen molar-refractivity contribution in [2.24, 2.45) is 5.41 Å². The van der Waals surface area contributed by atoms with E-state index in [1.54, 1.807) is 24.3 Å². The van der Waals surface area contributed by atoms with Crippen LogP contribution in [0.5, 0.6) is 0 Å². The van der Waals surface area contributed by atoms with Gasteiger partial charge < -0.3 is 10.6 Å². The van der Waals surface area contributed by atoms with Crippen LogP contribution < -0.4 is 10.6 Å². The standard InChI is InChI=1S/C13H19ClN2O/c1-13(2,8-15-3)9-16-12(17)10-5-4-6-11(14)7-10/h4-7,15H,8-9H2,1-3H3,(H,16,17). The van der Waals surface area contributed by atoms with Crippen LogP contribution in [0, 0.1) is 5.41 Å². The van der Waals surface area contributed by atoms with Crippen molar-refractivity contribution < 1.29 is 4.79 Å². The first-order valence-electron chi connectivity index (χ1n) is 5.63. The summed E-state index contributed by atoms with van der Waals surface area (Å²) in [4.78, 5) is 11.9. The van der Waals surface area contributed by atoms with E-state index in [0.29, 0.717) is 17.1 Å². The SMILES string of the molecule is CNCC(C)(C)CNC(=O)c1cccc(Cl)c1. The van der Waals surface area contributed by atoms with E-state index in [1.807, 2.05) is 7.05 Å². The summed E-state index contributed by atoms with van der Waals surface area (Å²) in [7, 11) is 1.90. The summed E-state index contributed by atoms with van der Waals surface area (Å²) in [5.74, 6) is -0.0864. The molecule has 1 rings (SSSR count). The van der Waals surface area contributed by atoms with Gasteiger partial charge in [0.1, 0.15) is 0 Å². The normalized spacial score (nSPS) is 11.3. The molecule has 0 unspecified atom stereocenters. The lowest BCUT2D eigenvalue weighted by atomic mass is 9.93. The Balaban J connectivity index is 2.56. The zero-order valence-corrected chi connectivity index (χ0v) is 11.3. The lowest BCUT2D eigenvalue weighted by molar-refractivity contribution is 0.0936. The zero-order chi connectivity index (χ0) is 12.9.